The van der Waals surface area contributed by atoms with Gasteiger partial charge in [-0.1, -0.05) is 394 Å². The second-order valence-corrected chi connectivity index (χ2v) is 33.3. The molecule has 17 nitrogen and oxygen atoms in total. The second kappa shape index (κ2) is 75.9. The van der Waals surface area contributed by atoms with E-state index in [-0.39, 0.29) is 25.7 Å². The van der Waals surface area contributed by atoms with Crippen LogP contribution in [0.5, 0.6) is 0 Å². The largest absolute Gasteiger partial charge is 0.472 e. The van der Waals surface area contributed by atoms with Crippen LogP contribution in [0.1, 0.15) is 446 Å². The Morgan fingerprint density at radius 2 is 0.451 bits per heavy atom. The molecule has 0 aromatic heterocycles. The highest BCUT2D eigenvalue weighted by Gasteiger charge is 2.30. The van der Waals surface area contributed by atoms with E-state index in [1.54, 1.807) is 0 Å². The summed E-state index contributed by atoms with van der Waals surface area (Å²) in [4.78, 5) is 72.9. The van der Waals surface area contributed by atoms with Gasteiger partial charge >= 0.3 is 39.5 Å². The molecule has 3 N–H and O–H groups in total. The average Bonchev–Trinajstić information content (AvgIpc) is 0.940. The fourth-order valence-corrected chi connectivity index (χ4v) is 14.5. The Bertz CT molecular complexity index is 1940. The number of esters is 4. The Labute approximate surface area is 626 Å². The molecule has 0 saturated heterocycles. The van der Waals surface area contributed by atoms with Crippen LogP contribution >= 0.6 is 15.6 Å². The molecule has 0 saturated carbocycles. The summed E-state index contributed by atoms with van der Waals surface area (Å²) in [5, 5.41) is 10.6. The number of aliphatic hydroxyl groups is 1. The van der Waals surface area contributed by atoms with Gasteiger partial charge in [0.15, 0.2) is 12.2 Å². The zero-order chi connectivity index (χ0) is 74.8. The van der Waals surface area contributed by atoms with E-state index in [1.807, 2.05) is 0 Å². The molecule has 0 aliphatic rings. The predicted molar refractivity (Wildman–Crippen MR) is 418 cm³/mol. The van der Waals surface area contributed by atoms with Gasteiger partial charge in [-0.3, -0.25) is 37.3 Å². The van der Waals surface area contributed by atoms with Crippen LogP contribution < -0.4 is 0 Å². The average molecular weight is 1490 g/mol. The van der Waals surface area contributed by atoms with Crippen molar-refractivity contribution in [3.8, 4) is 0 Å². The maximum absolute atomic E-state index is 13.1. The maximum Gasteiger partial charge on any atom is 0.472 e. The highest BCUT2D eigenvalue weighted by Crippen LogP contribution is 2.45. The molecule has 0 aromatic carbocycles. The van der Waals surface area contributed by atoms with Crippen LogP contribution in [0.4, 0.5) is 0 Å². The molecule has 0 aliphatic heterocycles. The summed E-state index contributed by atoms with van der Waals surface area (Å²) in [7, 11) is -9.91. The first-order chi connectivity index (χ1) is 49.5. The van der Waals surface area contributed by atoms with Crippen molar-refractivity contribution in [2.24, 2.45) is 5.92 Å². The van der Waals surface area contributed by atoms with E-state index < -0.39 is 97.5 Å². The van der Waals surface area contributed by atoms with Gasteiger partial charge in [0.05, 0.1) is 26.4 Å². The highest BCUT2D eigenvalue weighted by atomic mass is 31.2. The van der Waals surface area contributed by atoms with Crippen molar-refractivity contribution in [2.75, 3.05) is 39.6 Å². The third-order valence-electron chi connectivity index (χ3n) is 19.5. The molecule has 0 bridgehead atoms. The Kier molecular flexibility index (Phi) is 74.4. The SMILES string of the molecule is CCCCCCCCCCCCCCCCCCCCCCCCC(=O)O[C@H](COC(=O)CCCCCCCCCCCCCCCCCCCCC(C)C)COP(=O)(O)OC[C@@H](O)COP(=O)(O)OC[C@@H](COC(=O)CCCCCCCCCCC)OC(=O)CCCCCCCCCCCC. The monoisotopic (exact) mass is 1490 g/mol. The van der Waals surface area contributed by atoms with Crippen LogP contribution in [0, 0.1) is 5.92 Å². The van der Waals surface area contributed by atoms with Crippen molar-refractivity contribution in [3.63, 3.8) is 0 Å². The second-order valence-electron chi connectivity index (χ2n) is 30.3. The third kappa shape index (κ3) is 76.3. The van der Waals surface area contributed by atoms with Crippen LogP contribution in [0.2, 0.25) is 0 Å². The van der Waals surface area contributed by atoms with E-state index in [0.29, 0.717) is 25.7 Å². The zero-order valence-corrected chi connectivity index (χ0v) is 68.5. The summed E-state index contributed by atoms with van der Waals surface area (Å²) in [5.41, 5.74) is 0. The van der Waals surface area contributed by atoms with Crippen LogP contribution in [0.15, 0.2) is 0 Å². The number of aliphatic hydroxyl groups excluding tert-OH is 1. The molecule has 2 unspecified atom stereocenters. The number of rotatable bonds is 83. The normalized spacial score (nSPS) is 13.8. The first-order valence-corrected chi connectivity index (χ1v) is 46.1. The van der Waals surface area contributed by atoms with Crippen LogP contribution in [0.25, 0.3) is 0 Å². The van der Waals surface area contributed by atoms with Crippen molar-refractivity contribution in [1.29, 1.82) is 0 Å². The van der Waals surface area contributed by atoms with Crippen molar-refractivity contribution < 1.29 is 80.2 Å². The predicted octanol–water partition coefficient (Wildman–Crippen LogP) is 25.2. The number of hydrogen-bond acceptors (Lipinski definition) is 15. The minimum Gasteiger partial charge on any atom is -0.462 e. The highest BCUT2D eigenvalue weighted by molar-refractivity contribution is 7.47. The molecular weight excluding hydrogens is 1330 g/mol. The van der Waals surface area contributed by atoms with Gasteiger partial charge in [0.1, 0.15) is 19.3 Å². The molecule has 0 heterocycles. The minimum absolute atomic E-state index is 0.107. The molecular formula is C83H162O17P2. The van der Waals surface area contributed by atoms with Gasteiger partial charge in [-0.15, -0.1) is 0 Å². The molecule has 5 atom stereocenters. The van der Waals surface area contributed by atoms with E-state index in [4.69, 9.17) is 37.0 Å². The number of unbranched alkanes of at least 4 members (excludes halogenated alkanes) is 55. The lowest BCUT2D eigenvalue weighted by atomic mass is 10.0. The minimum atomic E-state index is -4.96. The molecule has 0 radical (unpaired) electrons. The van der Waals surface area contributed by atoms with Gasteiger partial charge in [0.2, 0.25) is 0 Å². The first kappa shape index (κ1) is 100. The molecule has 606 valence electrons. The van der Waals surface area contributed by atoms with E-state index in [2.05, 4.69) is 34.6 Å². The van der Waals surface area contributed by atoms with E-state index >= 15 is 0 Å². The summed E-state index contributed by atoms with van der Waals surface area (Å²) >= 11 is 0. The van der Waals surface area contributed by atoms with Gasteiger partial charge in [-0.2, -0.15) is 0 Å². The number of ether oxygens (including phenoxy) is 4. The summed E-state index contributed by atoms with van der Waals surface area (Å²) in [6.07, 6.45) is 68.3. The summed E-state index contributed by atoms with van der Waals surface area (Å²) in [6, 6.07) is 0. The third-order valence-corrected chi connectivity index (χ3v) is 21.4. The molecule has 0 spiro atoms. The quantitative estimate of drug-likeness (QED) is 0.0222. The fourth-order valence-electron chi connectivity index (χ4n) is 12.9. The molecule has 102 heavy (non-hydrogen) atoms. The number of phosphoric acid groups is 2. The number of hydrogen-bond donors (Lipinski definition) is 3. The van der Waals surface area contributed by atoms with Crippen molar-refractivity contribution in [2.45, 2.75) is 464 Å². The lowest BCUT2D eigenvalue weighted by Crippen LogP contribution is -2.30. The Balaban J connectivity index is 5.15. The molecule has 0 amide bonds. The smallest absolute Gasteiger partial charge is 0.462 e. The van der Waals surface area contributed by atoms with Crippen LogP contribution in [0.3, 0.4) is 0 Å². The van der Waals surface area contributed by atoms with Crippen molar-refractivity contribution >= 4 is 39.5 Å². The topological polar surface area (TPSA) is 237 Å². The molecule has 0 aliphatic carbocycles. The molecule has 0 aromatic rings. The Morgan fingerprint density at radius 3 is 0.667 bits per heavy atom. The van der Waals surface area contributed by atoms with Gasteiger partial charge in [0, 0.05) is 25.7 Å². The van der Waals surface area contributed by atoms with Crippen LogP contribution in [-0.2, 0) is 65.4 Å². The Morgan fingerprint density at radius 1 is 0.265 bits per heavy atom. The number of carbonyl (C=O) groups excluding carboxylic acids is 4. The zero-order valence-electron chi connectivity index (χ0n) is 66.8. The maximum atomic E-state index is 13.1. The summed E-state index contributed by atoms with van der Waals surface area (Å²) < 4.78 is 68.6. The van der Waals surface area contributed by atoms with E-state index in [9.17, 15) is 43.2 Å². The molecule has 0 fully saturated rings. The summed E-state index contributed by atoms with van der Waals surface area (Å²) in [6.45, 7) is 7.34. The molecule has 0 rings (SSSR count). The standard InChI is InChI=1S/C83H162O17P2/c1-6-9-12-15-18-21-23-24-25-26-27-28-29-30-35-38-41-44-49-54-59-64-69-83(88)100-79(73-94-81(86)67-62-57-52-48-43-40-37-34-32-31-33-36-39-42-46-50-55-60-65-76(4)5)75-98-102(91,92)96-71-77(84)70-95-101(89,90)97-74-78(72-93-80(85)66-61-56-51-45-20-17-14-11-8-3)99-82(87)68-63-58-53-47-22-19-16-13-10-7-2/h76-79,84H,6-75H2,1-5H3,(H,89,90)(H,91,92)/t77-,78+,79+/m0/s1. The van der Waals surface area contributed by atoms with Crippen LogP contribution in [-0.4, -0.2) is 96.7 Å². The van der Waals surface area contributed by atoms with Gasteiger partial charge in [-0.25, -0.2) is 9.13 Å². The number of phosphoric ester groups is 2. The summed E-state index contributed by atoms with van der Waals surface area (Å²) in [5.74, 6) is -1.28. The van der Waals surface area contributed by atoms with E-state index in [1.165, 1.54) is 270 Å². The lowest BCUT2D eigenvalue weighted by Gasteiger charge is -2.21. The molecule has 19 heteroatoms. The first-order valence-electron chi connectivity index (χ1n) is 43.1. The lowest BCUT2D eigenvalue weighted by molar-refractivity contribution is -0.161. The van der Waals surface area contributed by atoms with Gasteiger partial charge < -0.3 is 33.8 Å². The Hall–Kier alpha value is -1.94. The fraction of sp³-hybridized carbons (Fsp3) is 0.952. The van der Waals surface area contributed by atoms with Gasteiger partial charge in [-0.05, 0) is 31.6 Å². The van der Waals surface area contributed by atoms with Crippen molar-refractivity contribution in [3.05, 3.63) is 0 Å². The van der Waals surface area contributed by atoms with E-state index in [0.717, 1.165) is 95.8 Å². The van der Waals surface area contributed by atoms with Gasteiger partial charge in [0.25, 0.3) is 0 Å². The van der Waals surface area contributed by atoms with Crippen molar-refractivity contribution in [1.82, 2.24) is 0 Å². The number of carbonyl (C=O) groups is 4.